The molecule has 0 aliphatic carbocycles. The van der Waals surface area contributed by atoms with Gasteiger partial charge in [-0.3, -0.25) is 9.36 Å². The van der Waals surface area contributed by atoms with Crippen LogP contribution in [0.2, 0.25) is 0 Å². The van der Waals surface area contributed by atoms with Gasteiger partial charge in [-0.15, -0.1) is 11.6 Å². The minimum absolute atomic E-state index is 0.314. The molecule has 1 aromatic carbocycles. The van der Waals surface area contributed by atoms with Gasteiger partial charge in [-0.05, 0) is 39.7 Å². The van der Waals surface area contributed by atoms with E-state index in [9.17, 15) is 9.36 Å². The average Bonchev–Trinajstić information content (AvgIpc) is 2.50. The number of hydrogen-bond acceptors (Lipinski definition) is 5. The molecule has 0 radical (unpaired) electrons. The van der Waals surface area contributed by atoms with E-state index in [4.69, 9.17) is 25.4 Å². The molecule has 0 amide bonds. The molecule has 0 unspecified atom stereocenters. The molecule has 0 spiro atoms. The summed E-state index contributed by atoms with van der Waals surface area (Å²) in [4.78, 5) is 11.7. The van der Waals surface area contributed by atoms with Gasteiger partial charge in [0.2, 0.25) is 5.85 Å². The van der Waals surface area contributed by atoms with Crippen LogP contribution in [0.25, 0.3) is 0 Å². The molecule has 24 heavy (non-hydrogen) atoms. The van der Waals surface area contributed by atoms with Crippen molar-refractivity contribution >= 4 is 25.2 Å². The summed E-state index contributed by atoms with van der Waals surface area (Å²) in [6, 6.07) is 9.67. The molecule has 7 heteroatoms. The fourth-order valence-electron chi connectivity index (χ4n) is 2.15. The number of halogens is 1. The van der Waals surface area contributed by atoms with Crippen molar-refractivity contribution in [3.8, 4) is 0 Å². The number of hydrogen-bond donors (Lipinski definition) is 0. The lowest BCUT2D eigenvalue weighted by Gasteiger charge is -2.29. The van der Waals surface area contributed by atoms with Crippen molar-refractivity contribution in [1.29, 1.82) is 0 Å². The van der Waals surface area contributed by atoms with E-state index in [2.05, 4.69) is 0 Å². The van der Waals surface area contributed by atoms with Gasteiger partial charge in [0, 0.05) is 6.42 Å². The molecule has 0 N–H and O–H groups in total. The van der Waals surface area contributed by atoms with E-state index in [1.807, 2.05) is 30.3 Å². The molecule has 1 atom stereocenters. The Balaban J connectivity index is 2.98. The number of ether oxygens (including phenoxy) is 1. The topological polar surface area (TPSA) is 61.8 Å². The Morgan fingerprint density at radius 2 is 1.62 bits per heavy atom. The summed E-state index contributed by atoms with van der Waals surface area (Å²) >= 11 is 5.53. The van der Waals surface area contributed by atoms with Crippen LogP contribution in [0.4, 0.5) is 0 Å². The molecule has 0 aliphatic heterocycles. The highest BCUT2D eigenvalue weighted by Crippen LogP contribution is 2.56. The van der Waals surface area contributed by atoms with Crippen LogP contribution >= 0.6 is 19.2 Å². The molecule has 136 valence electrons. The maximum absolute atomic E-state index is 13.2. The van der Waals surface area contributed by atoms with E-state index in [1.165, 1.54) is 0 Å². The third-order valence-corrected chi connectivity index (χ3v) is 5.69. The van der Waals surface area contributed by atoms with Crippen molar-refractivity contribution in [2.24, 2.45) is 0 Å². The quantitative estimate of drug-likeness (QED) is 0.334. The minimum atomic E-state index is -3.65. The predicted molar refractivity (Wildman–Crippen MR) is 95.4 cm³/mol. The van der Waals surface area contributed by atoms with Crippen LogP contribution in [0.5, 0.6) is 0 Å². The molecular weight excluding hydrogens is 351 g/mol. The fourth-order valence-corrected chi connectivity index (χ4v) is 4.40. The largest absolute Gasteiger partial charge is 0.448 e. The Morgan fingerprint density at radius 3 is 2.08 bits per heavy atom. The highest BCUT2D eigenvalue weighted by molar-refractivity contribution is 7.54. The zero-order chi connectivity index (χ0) is 18.2. The Bertz CT molecular complexity index is 533. The number of alkyl halides is 1. The van der Waals surface area contributed by atoms with Crippen LogP contribution in [0.3, 0.4) is 0 Å². The van der Waals surface area contributed by atoms with Crippen LogP contribution < -0.4 is 0 Å². The zero-order valence-electron chi connectivity index (χ0n) is 14.6. The van der Waals surface area contributed by atoms with Gasteiger partial charge in [-0.2, -0.15) is 0 Å². The molecule has 0 aliphatic rings. The Kier molecular flexibility index (Phi) is 8.99. The SMILES string of the molecule is CC(C)OP(=O)(OC(C)C)[C@H](CCc1ccccc1)OC(=O)CCl. The Labute approximate surface area is 149 Å². The average molecular weight is 377 g/mol. The first kappa shape index (κ1) is 21.2. The van der Waals surface area contributed by atoms with Gasteiger partial charge < -0.3 is 13.8 Å². The first-order chi connectivity index (χ1) is 11.3. The second-order valence-electron chi connectivity index (χ2n) is 5.95. The van der Waals surface area contributed by atoms with E-state index in [-0.39, 0.29) is 18.1 Å². The van der Waals surface area contributed by atoms with Crippen molar-refractivity contribution in [3.63, 3.8) is 0 Å². The van der Waals surface area contributed by atoms with Gasteiger partial charge in [-0.25, -0.2) is 0 Å². The van der Waals surface area contributed by atoms with Gasteiger partial charge in [0.25, 0.3) is 0 Å². The van der Waals surface area contributed by atoms with Gasteiger partial charge in [0.15, 0.2) is 0 Å². The summed E-state index contributed by atoms with van der Waals surface area (Å²) in [5.41, 5.74) is 1.05. The van der Waals surface area contributed by atoms with E-state index in [1.54, 1.807) is 27.7 Å². The van der Waals surface area contributed by atoms with Crippen molar-refractivity contribution in [3.05, 3.63) is 35.9 Å². The number of aryl methyl sites for hydroxylation is 1. The maximum Gasteiger partial charge on any atom is 0.371 e. The second kappa shape index (κ2) is 10.2. The second-order valence-corrected chi connectivity index (χ2v) is 8.30. The lowest BCUT2D eigenvalue weighted by atomic mass is 10.1. The third kappa shape index (κ3) is 7.35. The molecular formula is C17H26ClO5P. The first-order valence-corrected chi connectivity index (χ1v) is 10.2. The van der Waals surface area contributed by atoms with E-state index in [0.29, 0.717) is 12.8 Å². The van der Waals surface area contributed by atoms with Gasteiger partial charge >= 0.3 is 13.6 Å². The number of carbonyl (C=O) groups is 1. The highest BCUT2D eigenvalue weighted by Gasteiger charge is 2.40. The summed E-state index contributed by atoms with van der Waals surface area (Å²) in [5, 5.41) is 0. The number of carbonyl (C=O) groups excluding carboxylic acids is 1. The molecule has 0 heterocycles. The monoisotopic (exact) mass is 376 g/mol. The molecule has 0 bridgehead atoms. The highest BCUT2D eigenvalue weighted by atomic mass is 35.5. The molecule has 0 aromatic heterocycles. The van der Waals surface area contributed by atoms with Crippen molar-refractivity contribution in [1.82, 2.24) is 0 Å². The normalized spacial score (nSPS) is 13.3. The van der Waals surface area contributed by atoms with Crippen LogP contribution in [0, 0.1) is 0 Å². The smallest absolute Gasteiger partial charge is 0.371 e. The molecule has 0 saturated heterocycles. The van der Waals surface area contributed by atoms with Crippen LogP contribution in [0.1, 0.15) is 39.7 Å². The van der Waals surface area contributed by atoms with Crippen molar-refractivity contribution in [2.75, 3.05) is 5.88 Å². The van der Waals surface area contributed by atoms with E-state index in [0.717, 1.165) is 5.56 Å². The van der Waals surface area contributed by atoms with E-state index < -0.39 is 19.4 Å². The van der Waals surface area contributed by atoms with Crippen molar-refractivity contribution < 1.29 is 23.1 Å². The predicted octanol–water partition coefficient (Wildman–Crippen LogP) is 4.77. The van der Waals surface area contributed by atoms with Gasteiger partial charge in [0.05, 0.1) is 12.2 Å². The summed E-state index contributed by atoms with van der Waals surface area (Å²) in [6.07, 6.45) is 0.240. The number of rotatable bonds is 10. The Morgan fingerprint density at radius 1 is 1.08 bits per heavy atom. The van der Waals surface area contributed by atoms with Crippen LogP contribution in [-0.2, 0) is 29.6 Å². The fraction of sp³-hybridized carbons (Fsp3) is 0.588. The van der Waals surface area contributed by atoms with Crippen LogP contribution in [-0.4, -0.2) is 29.9 Å². The molecule has 0 fully saturated rings. The zero-order valence-corrected chi connectivity index (χ0v) is 16.3. The standard InChI is InChI=1S/C17H26ClO5P/c1-13(2)22-24(20,23-14(3)4)17(21-16(19)12-18)11-10-15-8-6-5-7-9-15/h5-9,13-14,17H,10-12H2,1-4H3/t17-/m1/s1. The molecule has 0 saturated carbocycles. The third-order valence-electron chi connectivity index (χ3n) is 2.97. The lowest BCUT2D eigenvalue weighted by Crippen LogP contribution is -2.25. The summed E-state index contributed by atoms with van der Waals surface area (Å²) < 4.78 is 29.7. The number of esters is 1. The Hall–Kier alpha value is -0.870. The first-order valence-electron chi connectivity index (χ1n) is 8.02. The minimum Gasteiger partial charge on any atom is -0.448 e. The summed E-state index contributed by atoms with van der Waals surface area (Å²) in [5.74, 6) is -1.95. The molecule has 5 nitrogen and oxygen atoms in total. The van der Waals surface area contributed by atoms with Crippen LogP contribution in [0.15, 0.2) is 30.3 Å². The number of benzene rings is 1. The van der Waals surface area contributed by atoms with Crippen molar-refractivity contribution in [2.45, 2.75) is 58.6 Å². The summed E-state index contributed by atoms with van der Waals surface area (Å²) in [6.45, 7) is 7.03. The molecule has 1 rings (SSSR count). The molecule has 1 aromatic rings. The maximum atomic E-state index is 13.2. The van der Waals surface area contributed by atoms with Gasteiger partial charge in [0.1, 0.15) is 5.88 Å². The lowest BCUT2D eigenvalue weighted by molar-refractivity contribution is -0.143. The summed E-state index contributed by atoms with van der Waals surface area (Å²) in [7, 11) is -3.65. The van der Waals surface area contributed by atoms with E-state index >= 15 is 0 Å². The van der Waals surface area contributed by atoms with Gasteiger partial charge in [-0.1, -0.05) is 30.3 Å².